The second kappa shape index (κ2) is 7.46. The molecule has 1 aromatic rings. The van der Waals surface area contributed by atoms with Gasteiger partial charge in [-0.25, -0.2) is 4.79 Å². The number of anilines is 1. The number of methoxy groups -OCH3 is 1. The van der Waals surface area contributed by atoms with Gasteiger partial charge in [-0.2, -0.15) is 13.2 Å². The van der Waals surface area contributed by atoms with Gasteiger partial charge in [0.1, 0.15) is 0 Å². The summed E-state index contributed by atoms with van der Waals surface area (Å²) in [6, 6.07) is 3.46. The van der Waals surface area contributed by atoms with Crippen LogP contribution in [0.1, 0.15) is 18.9 Å². The lowest BCUT2D eigenvalue weighted by Crippen LogP contribution is -2.42. The van der Waals surface area contributed by atoms with Gasteiger partial charge in [-0.05, 0) is 31.2 Å². The Labute approximate surface area is 126 Å². The number of aliphatic hydroxyl groups is 1. The molecule has 1 rings (SSSR count). The maximum absolute atomic E-state index is 12.4. The molecule has 0 aliphatic heterocycles. The van der Waals surface area contributed by atoms with E-state index in [-0.39, 0.29) is 12.2 Å². The molecule has 0 fully saturated rings. The molecule has 0 heterocycles. The van der Waals surface area contributed by atoms with Crippen molar-refractivity contribution in [3.05, 3.63) is 29.8 Å². The van der Waals surface area contributed by atoms with Crippen molar-refractivity contribution in [1.82, 2.24) is 5.32 Å². The van der Waals surface area contributed by atoms with E-state index >= 15 is 0 Å². The molecule has 0 bridgehead atoms. The number of urea groups is 1. The summed E-state index contributed by atoms with van der Waals surface area (Å²) in [7, 11) is 1.50. The minimum absolute atomic E-state index is 0.0111. The third-order valence-corrected chi connectivity index (χ3v) is 2.94. The lowest BCUT2D eigenvalue weighted by molar-refractivity contribution is -0.137. The molecule has 0 aliphatic carbocycles. The summed E-state index contributed by atoms with van der Waals surface area (Å²) in [5, 5.41) is 14.8. The minimum Gasteiger partial charge on any atom is -0.388 e. The third kappa shape index (κ3) is 6.31. The van der Waals surface area contributed by atoms with Crippen LogP contribution in [-0.4, -0.2) is 37.0 Å². The van der Waals surface area contributed by atoms with E-state index in [0.717, 1.165) is 24.3 Å². The van der Waals surface area contributed by atoms with E-state index in [2.05, 4.69) is 10.6 Å². The van der Waals surface area contributed by atoms with Crippen molar-refractivity contribution < 1.29 is 27.8 Å². The van der Waals surface area contributed by atoms with Crippen molar-refractivity contribution in [2.24, 2.45) is 0 Å². The molecule has 0 radical (unpaired) electrons. The first-order valence-electron chi connectivity index (χ1n) is 6.57. The van der Waals surface area contributed by atoms with Crippen molar-refractivity contribution in [1.29, 1.82) is 0 Å². The van der Waals surface area contributed by atoms with E-state index in [9.17, 15) is 23.1 Å². The van der Waals surface area contributed by atoms with Crippen LogP contribution in [0.25, 0.3) is 0 Å². The maximum Gasteiger partial charge on any atom is 0.416 e. The van der Waals surface area contributed by atoms with Crippen LogP contribution < -0.4 is 10.6 Å². The van der Waals surface area contributed by atoms with Gasteiger partial charge >= 0.3 is 12.2 Å². The van der Waals surface area contributed by atoms with E-state index < -0.39 is 23.4 Å². The Hall–Kier alpha value is -1.80. The number of alkyl halides is 3. The van der Waals surface area contributed by atoms with Gasteiger partial charge in [0.05, 0.1) is 11.2 Å². The number of ether oxygens (including phenoxy) is 1. The first kappa shape index (κ1) is 18.2. The predicted octanol–water partition coefficient (Wildman–Crippen LogP) is 2.61. The fourth-order valence-corrected chi connectivity index (χ4v) is 1.60. The fourth-order valence-electron chi connectivity index (χ4n) is 1.60. The van der Waals surface area contributed by atoms with Crippen LogP contribution in [0.15, 0.2) is 24.3 Å². The highest BCUT2D eigenvalue weighted by Gasteiger charge is 2.30. The highest BCUT2D eigenvalue weighted by Crippen LogP contribution is 2.29. The van der Waals surface area contributed by atoms with Gasteiger partial charge in [0, 0.05) is 32.4 Å². The van der Waals surface area contributed by atoms with E-state index in [1.807, 2.05) is 0 Å². The molecule has 1 aromatic carbocycles. The number of benzene rings is 1. The molecule has 5 nitrogen and oxygen atoms in total. The number of halogens is 3. The van der Waals surface area contributed by atoms with Gasteiger partial charge in [0.25, 0.3) is 0 Å². The van der Waals surface area contributed by atoms with E-state index in [4.69, 9.17) is 4.74 Å². The zero-order valence-electron chi connectivity index (χ0n) is 12.3. The van der Waals surface area contributed by atoms with Gasteiger partial charge < -0.3 is 20.5 Å². The van der Waals surface area contributed by atoms with E-state index in [0.29, 0.717) is 13.0 Å². The molecule has 0 aliphatic rings. The lowest BCUT2D eigenvalue weighted by Gasteiger charge is -2.23. The number of hydrogen-bond donors (Lipinski definition) is 3. The quantitative estimate of drug-likeness (QED) is 0.754. The molecule has 0 spiro atoms. The molecular weight excluding hydrogens is 301 g/mol. The van der Waals surface area contributed by atoms with Crippen molar-refractivity contribution >= 4 is 11.7 Å². The van der Waals surface area contributed by atoms with Crippen molar-refractivity contribution in [2.75, 3.05) is 25.6 Å². The Kier molecular flexibility index (Phi) is 6.19. The number of hydrogen-bond acceptors (Lipinski definition) is 3. The van der Waals surface area contributed by atoms with Crippen LogP contribution in [0, 0.1) is 0 Å². The number of nitrogens with one attached hydrogen (secondary N) is 2. The van der Waals surface area contributed by atoms with E-state index in [1.54, 1.807) is 6.92 Å². The summed E-state index contributed by atoms with van der Waals surface area (Å²) in [5.74, 6) is 0. The second-order valence-corrected chi connectivity index (χ2v) is 5.12. The first-order valence-corrected chi connectivity index (χ1v) is 6.57. The molecule has 0 saturated carbocycles. The number of amides is 2. The number of carbonyl (C=O) groups is 1. The standard InChI is InChI=1S/C14H19F3N2O3/c1-13(21,7-8-22-2)9-18-12(20)19-11-5-3-10(4-6-11)14(15,16)17/h3-6,21H,7-9H2,1-2H3,(H2,18,19,20). The first-order chi connectivity index (χ1) is 10.1. The molecule has 8 heteroatoms. The number of rotatable bonds is 6. The average molecular weight is 320 g/mol. The Morgan fingerprint density at radius 3 is 2.36 bits per heavy atom. The van der Waals surface area contributed by atoms with Crippen LogP contribution in [0.4, 0.5) is 23.7 Å². The third-order valence-electron chi connectivity index (χ3n) is 2.94. The summed E-state index contributed by atoms with van der Waals surface area (Å²) in [6.07, 6.45) is -4.08. The van der Waals surface area contributed by atoms with Gasteiger partial charge in [-0.3, -0.25) is 0 Å². The summed E-state index contributed by atoms with van der Waals surface area (Å²) < 4.78 is 42.0. The highest BCUT2D eigenvalue weighted by atomic mass is 19.4. The molecular formula is C14H19F3N2O3. The van der Waals surface area contributed by atoms with Crippen LogP contribution in [0.3, 0.4) is 0 Å². The van der Waals surface area contributed by atoms with E-state index in [1.165, 1.54) is 7.11 Å². The van der Waals surface area contributed by atoms with Gasteiger partial charge in [-0.15, -0.1) is 0 Å². The summed E-state index contributed by atoms with van der Waals surface area (Å²) in [4.78, 5) is 11.6. The normalized spacial score (nSPS) is 14.3. The number of carbonyl (C=O) groups excluding carboxylic acids is 1. The van der Waals surface area contributed by atoms with Gasteiger partial charge in [0.15, 0.2) is 0 Å². The molecule has 0 saturated heterocycles. The van der Waals surface area contributed by atoms with Gasteiger partial charge in [0.2, 0.25) is 0 Å². The molecule has 124 valence electrons. The largest absolute Gasteiger partial charge is 0.416 e. The zero-order chi connectivity index (χ0) is 16.8. The monoisotopic (exact) mass is 320 g/mol. The molecule has 2 amide bonds. The summed E-state index contributed by atoms with van der Waals surface area (Å²) in [6.45, 7) is 1.88. The van der Waals surface area contributed by atoms with Crippen LogP contribution in [0.2, 0.25) is 0 Å². The molecule has 1 unspecified atom stereocenters. The minimum atomic E-state index is -4.42. The topological polar surface area (TPSA) is 70.6 Å². The second-order valence-electron chi connectivity index (χ2n) is 5.12. The fraction of sp³-hybridized carbons (Fsp3) is 0.500. The maximum atomic E-state index is 12.4. The smallest absolute Gasteiger partial charge is 0.388 e. The summed E-state index contributed by atoms with van der Waals surface area (Å²) in [5.41, 5.74) is -1.70. The summed E-state index contributed by atoms with van der Waals surface area (Å²) >= 11 is 0. The van der Waals surface area contributed by atoms with Crippen LogP contribution in [0.5, 0.6) is 0 Å². The Bertz CT molecular complexity index is 487. The highest BCUT2D eigenvalue weighted by molar-refractivity contribution is 5.89. The Morgan fingerprint density at radius 2 is 1.86 bits per heavy atom. The predicted molar refractivity (Wildman–Crippen MR) is 75.6 cm³/mol. The van der Waals surface area contributed by atoms with Crippen LogP contribution in [-0.2, 0) is 10.9 Å². The molecule has 0 aromatic heterocycles. The average Bonchev–Trinajstić information content (AvgIpc) is 2.43. The molecule has 3 N–H and O–H groups in total. The van der Waals surface area contributed by atoms with Crippen molar-refractivity contribution in [3.63, 3.8) is 0 Å². The van der Waals surface area contributed by atoms with Crippen molar-refractivity contribution in [2.45, 2.75) is 25.1 Å². The van der Waals surface area contributed by atoms with Crippen molar-refractivity contribution in [3.8, 4) is 0 Å². The Balaban J connectivity index is 2.48. The SMILES string of the molecule is COCCC(C)(O)CNC(=O)Nc1ccc(C(F)(F)F)cc1. The zero-order valence-corrected chi connectivity index (χ0v) is 12.3. The lowest BCUT2D eigenvalue weighted by atomic mass is 10.0. The molecule has 22 heavy (non-hydrogen) atoms. The Morgan fingerprint density at radius 1 is 1.27 bits per heavy atom. The van der Waals surface area contributed by atoms with Gasteiger partial charge in [-0.1, -0.05) is 0 Å². The van der Waals surface area contributed by atoms with Crippen LogP contribution >= 0.6 is 0 Å². The molecule has 1 atom stereocenters.